The van der Waals surface area contributed by atoms with E-state index in [1.807, 2.05) is 0 Å². The first-order valence-electron chi connectivity index (χ1n) is 5.07. The fraction of sp³-hybridized carbons (Fsp3) is 0.182. The molecule has 0 spiro atoms. The maximum Gasteiger partial charge on any atom is 0.341 e. The fourth-order valence-electron chi connectivity index (χ4n) is 1.74. The first-order chi connectivity index (χ1) is 8.11. The van der Waals surface area contributed by atoms with Gasteiger partial charge in [-0.1, -0.05) is 0 Å². The Morgan fingerprint density at radius 3 is 3.00 bits per heavy atom. The molecular formula is C11H13N3O3. The lowest BCUT2D eigenvalue weighted by Gasteiger charge is -2.07. The van der Waals surface area contributed by atoms with Crippen LogP contribution in [0.15, 0.2) is 24.4 Å². The maximum atomic E-state index is 11.1. The van der Waals surface area contributed by atoms with Crippen LogP contribution in [0.4, 0.5) is 0 Å². The molecule has 0 aliphatic heterocycles. The number of aromatic amines is 1. The zero-order valence-corrected chi connectivity index (χ0v) is 9.01. The minimum Gasteiger partial charge on any atom is -0.508 e. The van der Waals surface area contributed by atoms with Crippen LogP contribution < -0.4 is 11.6 Å². The topological polar surface area (TPSA) is 114 Å². The monoisotopic (exact) mass is 235 g/mol. The molecule has 1 heterocycles. The first kappa shape index (κ1) is 11.4. The molecule has 1 aromatic carbocycles. The van der Waals surface area contributed by atoms with E-state index in [-0.39, 0.29) is 5.75 Å². The number of rotatable bonds is 3. The summed E-state index contributed by atoms with van der Waals surface area (Å²) in [6.45, 7) is 0. The molecule has 1 aromatic heterocycles. The quantitative estimate of drug-likeness (QED) is 0.566. The van der Waals surface area contributed by atoms with Gasteiger partial charge in [0.05, 0.1) is 0 Å². The van der Waals surface area contributed by atoms with Crippen molar-refractivity contribution < 1.29 is 14.7 Å². The van der Waals surface area contributed by atoms with E-state index in [9.17, 15) is 9.90 Å². The molecule has 90 valence electrons. The number of hydrogen-bond donors (Lipinski definition) is 4. The summed E-state index contributed by atoms with van der Waals surface area (Å²) in [7, 11) is 0. The van der Waals surface area contributed by atoms with Crippen LogP contribution in [0.2, 0.25) is 0 Å². The number of hydrogen-bond acceptors (Lipinski definition) is 5. The predicted molar refractivity (Wildman–Crippen MR) is 61.9 cm³/mol. The highest BCUT2D eigenvalue weighted by atomic mass is 16.7. The normalized spacial score (nSPS) is 12.6. The van der Waals surface area contributed by atoms with Gasteiger partial charge in [0.15, 0.2) is 0 Å². The van der Waals surface area contributed by atoms with Gasteiger partial charge in [-0.3, -0.25) is 0 Å². The van der Waals surface area contributed by atoms with Gasteiger partial charge in [0.25, 0.3) is 0 Å². The van der Waals surface area contributed by atoms with Crippen molar-refractivity contribution in [1.82, 2.24) is 4.98 Å². The summed E-state index contributed by atoms with van der Waals surface area (Å²) in [5, 5.41) is 10.2. The van der Waals surface area contributed by atoms with Crippen LogP contribution in [0.5, 0.6) is 5.75 Å². The number of carbonyl (C=O) groups excluding carboxylic acids is 1. The lowest BCUT2D eigenvalue weighted by molar-refractivity contribution is -0.145. The van der Waals surface area contributed by atoms with Crippen molar-refractivity contribution in [2.45, 2.75) is 12.5 Å². The lowest BCUT2D eigenvalue weighted by Crippen LogP contribution is -2.35. The van der Waals surface area contributed by atoms with E-state index >= 15 is 0 Å². The van der Waals surface area contributed by atoms with Gasteiger partial charge in [0.2, 0.25) is 0 Å². The van der Waals surface area contributed by atoms with Gasteiger partial charge in [0, 0.05) is 23.5 Å². The van der Waals surface area contributed by atoms with Crippen molar-refractivity contribution in [3.63, 3.8) is 0 Å². The average molecular weight is 235 g/mol. The number of carbonyl (C=O) groups is 1. The summed E-state index contributed by atoms with van der Waals surface area (Å²) in [5.41, 5.74) is 7.31. The molecule has 6 heteroatoms. The molecule has 1 unspecified atom stereocenters. The number of phenolic OH excluding ortho intramolecular Hbond substituents is 1. The van der Waals surface area contributed by atoms with E-state index in [0.717, 1.165) is 16.5 Å². The minimum absolute atomic E-state index is 0.160. The van der Waals surface area contributed by atoms with Crippen LogP contribution in [0, 0.1) is 0 Å². The van der Waals surface area contributed by atoms with Gasteiger partial charge >= 0.3 is 5.97 Å². The number of aromatic hydroxyl groups is 1. The van der Waals surface area contributed by atoms with Crippen LogP contribution in [-0.4, -0.2) is 22.1 Å². The zero-order valence-electron chi connectivity index (χ0n) is 9.01. The molecule has 0 bridgehead atoms. The second kappa shape index (κ2) is 4.44. The van der Waals surface area contributed by atoms with Crippen molar-refractivity contribution in [2.75, 3.05) is 0 Å². The molecule has 0 saturated carbocycles. The maximum absolute atomic E-state index is 11.1. The number of nitrogens with two attached hydrogens (primary N) is 2. The Bertz CT molecular complexity index is 550. The van der Waals surface area contributed by atoms with Crippen LogP contribution in [0.1, 0.15) is 5.56 Å². The average Bonchev–Trinajstić information content (AvgIpc) is 2.71. The van der Waals surface area contributed by atoms with Crippen molar-refractivity contribution in [3.05, 3.63) is 30.0 Å². The molecule has 17 heavy (non-hydrogen) atoms. The third-order valence-electron chi connectivity index (χ3n) is 2.61. The number of fused-ring (bicyclic) bond motifs is 1. The van der Waals surface area contributed by atoms with Gasteiger partial charge < -0.3 is 20.7 Å². The molecule has 0 saturated heterocycles. The molecule has 6 nitrogen and oxygen atoms in total. The standard InChI is InChI=1S/C11H13N3O3/c12-9(11(16)17-13)3-6-5-14-10-2-1-7(15)4-8(6)10/h1-2,4-5,9,14-15H,3,12-13H2. The number of phenols is 1. The summed E-state index contributed by atoms with van der Waals surface area (Å²) in [4.78, 5) is 18.2. The van der Waals surface area contributed by atoms with Crippen LogP contribution in [0.3, 0.4) is 0 Å². The molecule has 6 N–H and O–H groups in total. The Labute approximate surface area is 97.1 Å². The minimum atomic E-state index is -0.818. The van der Waals surface area contributed by atoms with Gasteiger partial charge in [-0.15, -0.1) is 0 Å². The molecule has 0 amide bonds. The Kier molecular flexibility index (Phi) is 2.99. The van der Waals surface area contributed by atoms with E-state index in [4.69, 9.17) is 11.6 Å². The molecular weight excluding hydrogens is 222 g/mol. The van der Waals surface area contributed by atoms with E-state index < -0.39 is 12.0 Å². The number of aromatic nitrogens is 1. The molecule has 2 aromatic rings. The Morgan fingerprint density at radius 2 is 2.29 bits per heavy atom. The largest absolute Gasteiger partial charge is 0.508 e. The fourth-order valence-corrected chi connectivity index (χ4v) is 1.74. The molecule has 2 rings (SSSR count). The van der Waals surface area contributed by atoms with Crippen molar-refractivity contribution in [3.8, 4) is 5.75 Å². The summed E-state index contributed by atoms with van der Waals surface area (Å²) in [5.74, 6) is 4.25. The van der Waals surface area contributed by atoms with Gasteiger partial charge in [-0.05, 0) is 23.8 Å². The molecule has 0 aliphatic rings. The van der Waals surface area contributed by atoms with E-state index in [1.165, 1.54) is 0 Å². The van der Waals surface area contributed by atoms with Gasteiger partial charge in [-0.2, -0.15) is 5.90 Å². The third-order valence-corrected chi connectivity index (χ3v) is 2.61. The molecule has 0 radical (unpaired) electrons. The smallest absolute Gasteiger partial charge is 0.341 e. The zero-order chi connectivity index (χ0) is 12.4. The van der Waals surface area contributed by atoms with Crippen molar-refractivity contribution in [1.29, 1.82) is 0 Å². The molecule has 0 fully saturated rings. The van der Waals surface area contributed by atoms with E-state index in [0.29, 0.717) is 6.42 Å². The molecule has 1 atom stereocenters. The van der Waals surface area contributed by atoms with E-state index in [1.54, 1.807) is 24.4 Å². The Balaban J connectivity index is 2.30. The van der Waals surface area contributed by atoms with Crippen molar-refractivity contribution in [2.24, 2.45) is 11.6 Å². The Morgan fingerprint density at radius 1 is 1.53 bits per heavy atom. The summed E-state index contributed by atoms with van der Waals surface area (Å²) < 4.78 is 0. The SMILES string of the molecule is NOC(=O)C(N)Cc1c[nH]c2ccc(O)cc12. The first-order valence-corrected chi connectivity index (χ1v) is 5.07. The van der Waals surface area contributed by atoms with Crippen molar-refractivity contribution >= 4 is 16.9 Å². The summed E-state index contributed by atoms with van der Waals surface area (Å²) in [6, 6.07) is 4.13. The highest BCUT2D eigenvalue weighted by molar-refractivity contribution is 5.85. The second-order valence-corrected chi connectivity index (χ2v) is 3.79. The highest BCUT2D eigenvalue weighted by Gasteiger charge is 2.17. The number of nitrogens with one attached hydrogen (secondary N) is 1. The van der Waals surface area contributed by atoms with E-state index in [2.05, 4.69) is 9.82 Å². The Hall–Kier alpha value is -2.05. The second-order valence-electron chi connectivity index (χ2n) is 3.79. The predicted octanol–water partition coefficient (Wildman–Crippen LogP) is 0.160. The van der Waals surface area contributed by atoms with Gasteiger partial charge in [0.1, 0.15) is 11.8 Å². The van der Waals surface area contributed by atoms with Crippen LogP contribution >= 0.6 is 0 Å². The number of H-pyrrole nitrogens is 1. The summed E-state index contributed by atoms with van der Waals surface area (Å²) in [6.07, 6.45) is 2.03. The van der Waals surface area contributed by atoms with Gasteiger partial charge in [-0.25, -0.2) is 4.79 Å². The lowest BCUT2D eigenvalue weighted by atomic mass is 10.1. The number of benzene rings is 1. The molecule has 0 aliphatic carbocycles. The van der Waals surface area contributed by atoms with Crippen LogP contribution in [-0.2, 0) is 16.1 Å². The summed E-state index contributed by atoms with van der Waals surface area (Å²) >= 11 is 0. The van der Waals surface area contributed by atoms with Crippen LogP contribution in [0.25, 0.3) is 10.9 Å². The third kappa shape index (κ3) is 2.22. The highest BCUT2D eigenvalue weighted by Crippen LogP contribution is 2.23.